The van der Waals surface area contributed by atoms with Crippen molar-refractivity contribution in [2.75, 3.05) is 19.6 Å². The van der Waals surface area contributed by atoms with Gasteiger partial charge in [-0.05, 0) is 60.7 Å². The average molecular weight is 475 g/mol. The molecule has 1 N–H and O–H groups in total. The number of benzene rings is 2. The monoisotopic (exact) mass is 474 g/mol. The smallest absolute Gasteiger partial charge is 0.226 e. The maximum Gasteiger partial charge on any atom is 0.226 e. The maximum absolute atomic E-state index is 11.6. The van der Waals surface area contributed by atoms with E-state index in [2.05, 4.69) is 16.0 Å². The second-order valence-corrected chi connectivity index (χ2v) is 9.41. The maximum atomic E-state index is 11.6. The number of piperidine rings is 1. The van der Waals surface area contributed by atoms with E-state index in [-0.39, 0.29) is 0 Å². The van der Waals surface area contributed by atoms with E-state index in [4.69, 9.17) is 16.3 Å². The molecule has 34 heavy (non-hydrogen) atoms. The van der Waals surface area contributed by atoms with Crippen LogP contribution in [0, 0.1) is 0 Å². The quantitative estimate of drug-likeness (QED) is 0.484. The largest absolute Gasteiger partial charge is 0.438 e. The summed E-state index contributed by atoms with van der Waals surface area (Å²) >= 11 is 6.00. The molecule has 3 heterocycles. The van der Waals surface area contributed by atoms with Gasteiger partial charge in [0.2, 0.25) is 5.88 Å². The van der Waals surface area contributed by atoms with Gasteiger partial charge in [-0.2, -0.15) is 0 Å². The number of allylic oxidation sites excluding steroid dienone is 1. The highest BCUT2D eigenvalue weighted by Crippen LogP contribution is 2.39. The van der Waals surface area contributed by atoms with E-state index in [0.29, 0.717) is 41.5 Å². The number of likely N-dealkylation sites (tertiary alicyclic amines) is 1. The molecule has 3 aromatic rings. The Bertz CT molecular complexity index is 1210. The van der Waals surface area contributed by atoms with E-state index in [1.165, 1.54) is 0 Å². The van der Waals surface area contributed by atoms with E-state index in [1.54, 1.807) is 6.20 Å². The molecule has 5 nitrogen and oxygen atoms in total. The predicted molar refractivity (Wildman–Crippen MR) is 133 cm³/mol. The summed E-state index contributed by atoms with van der Waals surface area (Å²) < 4.78 is 6.09. The molecule has 0 unspecified atom stereocenters. The van der Waals surface area contributed by atoms with E-state index in [1.807, 2.05) is 54.6 Å². The lowest BCUT2D eigenvalue weighted by molar-refractivity contribution is -0.0254. The van der Waals surface area contributed by atoms with Crippen LogP contribution < -0.4 is 4.74 Å². The highest BCUT2D eigenvalue weighted by atomic mass is 35.5. The van der Waals surface area contributed by atoms with E-state index in [0.717, 1.165) is 54.6 Å². The number of ether oxygens (including phenoxy) is 1. The van der Waals surface area contributed by atoms with Crippen molar-refractivity contribution in [2.45, 2.75) is 31.3 Å². The van der Waals surface area contributed by atoms with Crippen molar-refractivity contribution in [3.8, 4) is 11.6 Å². The number of rotatable bonds is 5. The average Bonchev–Trinajstić information content (AvgIpc) is 3.02. The lowest BCUT2D eigenvalue weighted by atomic mass is 9.84. The standard InChI is InChI=1S/C28H27ClN2O3/c29-23-10-8-22(9-11-23)28(33)12-16-31(17-13-28)15-3-5-20-18-25-21(19-32)4-1-7-26(25)34-27-24(20)6-2-14-30-27/h1-2,4-11,14,19,33H,3,12-13,15-18H2/b20-5-. The molecule has 0 amide bonds. The van der Waals surface area contributed by atoms with E-state index >= 15 is 0 Å². The summed E-state index contributed by atoms with van der Waals surface area (Å²) in [5.41, 5.74) is 3.77. The van der Waals surface area contributed by atoms with Gasteiger partial charge in [0.25, 0.3) is 0 Å². The third-order valence-corrected chi connectivity index (χ3v) is 7.14. The molecule has 6 heteroatoms. The van der Waals surface area contributed by atoms with Gasteiger partial charge in [-0.25, -0.2) is 4.98 Å². The zero-order chi connectivity index (χ0) is 23.5. The van der Waals surface area contributed by atoms with Gasteiger partial charge in [-0.15, -0.1) is 0 Å². The zero-order valence-corrected chi connectivity index (χ0v) is 19.7. The summed E-state index contributed by atoms with van der Waals surface area (Å²) in [6.07, 6.45) is 7.73. The Balaban J connectivity index is 1.28. The van der Waals surface area contributed by atoms with Crippen LogP contribution in [0.1, 0.15) is 46.3 Å². The Kier molecular flexibility index (Phi) is 6.50. The fourth-order valence-electron chi connectivity index (χ4n) is 4.88. The Hall–Kier alpha value is -2.99. The van der Waals surface area contributed by atoms with Crippen LogP contribution in [0.15, 0.2) is 66.9 Å². The topological polar surface area (TPSA) is 62.7 Å². The Morgan fingerprint density at radius 3 is 2.65 bits per heavy atom. The van der Waals surface area contributed by atoms with Gasteiger partial charge in [-0.1, -0.05) is 41.9 Å². The first-order chi connectivity index (χ1) is 16.6. The lowest BCUT2D eigenvalue weighted by Crippen LogP contribution is -2.42. The minimum Gasteiger partial charge on any atom is -0.438 e. The molecule has 1 aromatic heterocycles. The molecule has 1 fully saturated rings. The molecule has 0 bridgehead atoms. The molecule has 0 spiro atoms. The van der Waals surface area contributed by atoms with Crippen molar-refractivity contribution in [1.29, 1.82) is 0 Å². The highest BCUT2D eigenvalue weighted by molar-refractivity contribution is 6.30. The molecule has 2 aromatic carbocycles. The van der Waals surface area contributed by atoms with Gasteiger partial charge in [0.15, 0.2) is 0 Å². The molecule has 0 aliphatic carbocycles. The number of hydrogen-bond donors (Lipinski definition) is 1. The number of aromatic nitrogens is 1. The predicted octanol–water partition coefficient (Wildman–Crippen LogP) is 5.65. The second kappa shape index (κ2) is 9.71. The first kappa shape index (κ1) is 22.8. The van der Waals surface area contributed by atoms with Crippen LogP contribution in [-0.2, 0) is 12.0 Å². The molecule has 2 aliphatic rings. The second-order valence-electron chi connectivity index (χ2n) is 8.97. The number of carbonyl (C=O) groups is 1. The Labute approximate surface area is 204 Å². The van der Waals surface area contributed by atoms with Gasteiger partial charge in [0, 0.05) is 54.0 Å². The first-order valence-corrected chi connectivity index (χ1v) is 12.0. The number of carbonyl (C=O) groups excluding carboxylic acids is 1. The normalized spacial score (nSPS) is 18.5. The summed E-state index contributed by atoms with van der Waals surface area (Å²) in [5, 5.41) is 11.8. The minimum atomic E-state index is -0.794. The number of aldehydes is 1. The van der Waals surface area contributed by atoms with Gasteiger partial charge in [0.1, 0.15) is 12.0 Å². The molecule has 0 atom stereocenters. The molecule has 2 aliphatic heterocycles. The number of nitrogens with zero attached hydrogens (tertiary/aromatic N) is 2. The van der Waals surface area contributed by atoms with Crippen molar-refractivity contribution in [3.05, 3.63) is 94.1 Å². The van der Waals surface area contributed by atoms with Gasteiger partial charge in [-0.3, -0.25) is 4.79 Å². The van der Waals surface area contributed by atoms with Crippen molar-refractivity contribution >= 4 is 23.5 Å². The first-order valence-electron chi connectivity index (χ1n) is 11.7. The molecular weight excluding hydrogens is 448 g/mol. The Morgan fingerprint density at radius 1 is 1.09 bits per heavy atom. The fourth-order valence-corrected chi connectivity index (χ4v) is 5.01. The fraction of sp³-hybridized carbons (Fsp3) is 0.286. The van der Waals surface area contributed by atoms with Crippen molar-refractivity contribution in [2.24, 2.45) is 0 Å². The molecule has 174 valence electrons. The number of aliphatic hydroxyl groups is 1. The highest BCUT2D eigenvalue weighted by Gasteiger charge is 2.33. The number of pyridine rings is 1. The zero-order valence-electron chi connectivity index (χ0n) is 18.9. The summed E-state index contributed by atoms with van der Waals surface area (Å²) in [4.78, 5) is 18.5. The van der Waals surface area contributed by atoms with Gasteiger partial charge >= 0.3 is 0 Å². The molecule has 0 saturated carbocycles. The van der Waals surface area contributed by atoms with Crippen LogP contribution in [-0.4, -0.2) is 40.9 Å². The summed E-state index contributed by atoms with van der Waals surface area (Å²) in [7, 11) is 0. The van der Waals surface area contributed by atoms with Crippen LogP contribution in [0.25, 0.3) is 5.57 Å². The van der Waals surface area contributed by atoms with Crippen molar-refractivity contribution in [1.82, 2.24) is 9.88 Å². The Morgan fingerprint density at radius 2 is 1.88 bits per heavy atom. The lowest BCUT2D eigenvalue weighted by Gasteiger charge is -2.38. The van der Waals surface area contributed by atoms with Crippen molar-refractivity contribution in [3.63, 3.8) is 0 Å². The van der Waals surface area contributed by atoms with Crippen LogP contribution in [0.3, 0.4) is 0 Å². The van der Waals surface area contributed by atoms with Crippen LogP contribution in [0.2, 0.25) is 5.02 Å². The third kappa shape index (κ3) is 4.64. The number of fused-ring (bicyclic) bond motifs is 2. The van der Waals surface area contributed by atoms with Crippen LogP contribution in [0.4, 0.5) is 0 Å². The van der Waals surface area contributed by atoms with Crippen LogP contribution in [0.5, 0.6) is 11.6 Å². The number of halogens is 1. The summed E-state index contributed by atoms with van der Waals surface area (Å²) in [5.74, 6) is 1.26. The van der Waals surface area contributed by atoms with Crippen LogP contribution >= 0.6 is 11.6 Å². The van der Waals surface area contributed by atoms with Crippen molar-refractivity contribution < 1.29 is 14.6 Å². The third-order valence-electron chi connectivity index (χ3n) is 6.89. The summed E-state index contributed by atoms with van der Waals surface area (Å²) in [6, 6.07) is 17.0. The van der Waals surface area contributed by atoms with E-state index in [9.17, 15) is 9.90 Å². The molecule has 1 saturated heterocycles. The minimum absolute atomic E-state index is 0.571. The van der Waals surface area contributed by atoms with E-state index < -0.39 is 5.60 Å². The molecule has 5 rings (SSSR count). The molecule has 0 radical (unpaired) electrons. The molecular formula is C28H27ClN2O3. The SMILES string of the molecule is O=Cc1cccc2c1C/C(=C/CCN1CCC(O)(c3ccc(Cl)cc3)CC1)c1cccnc1O2. The van der Waals surface area contributed by atoms with Gasteiger partial charge in [0.05, 0.1) is 5.60 Å². The number of hydrogen-bond acceptors (Lipinski definition) is 5. The van der Waals surface area contributed by atoms with Gasteiger partial charge < -0.3 is 14.7 Å². The summed E-state index contributed by atoms with van der Waals surface area (Å²) in [6.45, 7) is 2.57.